The molecular weight excluding hydrogens is 108 g/mol. The van der Waals surface area contributed by atoms with E-state index in [0.29, 0.717) is 5.41 Å². The summed E-state index contributed by atoms with van der Waals surface area (Å²) in [5.41, 5.74) is 0.567. The highest BCUT2D eigenvalue weighted by Crippen LogP contribution is 2.45. The van der Waals surface area contributed by atoms with Crippen LogP contribution in [0.2, 0.25) is 0 Å². The average molecular weight is 126 g/mol. The van der Waals surface area contributed by atoms with E-state index >= 15 is 0 Å². The molecule has 0 nitrogen and oxygen atoms in total. The van der Waals surface area contributed by atoms with E-state index in [0.717, 1.165) is 11.8 Å². The normalized spacial score (nSPS) is 36.0. The van der Waals surface area contributed by atoms with Gasteiger partial charge in [0.15, 0.2) is 0 Å². The second kappa shape index (κ2) is 2.00. The molecule has 54 valence electrons. The minimum atomic E-state index is 0.567. The van der Waals surface area contributed by atoms with E-state index in [-0.39, 0.29) is 0 Å². The molecule has 0 heteroatoms. The summed E-state index contributed by atoms with van der Waals surface area (Å²) in [7, 11) is 0. The van der Waals surface area contributed by atoms with Crippen LogP contribution in [-0.2, 0) is 0 Å². The van der Waals surface area contributed by atoms with Gasteiger partial charge in [0.2, 0.25) is 0 Å². The number of hydrogen-bond acceptors (Lipinski definition) is 0. The van der Waals surface area contributed by atoms with Crippen molar-refractivity contribution in [3.8, 4) is 0 Å². The Morgan fingerprint density at radius 3 is 1.67 bits per heavy atom. The molecule has 0 N–H and O–H groups in total. The van der Waals surface area contributed by atoms with Crippen molar-refractivity contribution in [3.05, 3.63) is 0 Å². The molecule has 1 rings (SSSR count). The number of hydrogen-bond donors (Lipinski definition) is 0. The Balaban J connectivity index is 2.44. The van der Waals surface area contributed by atoms with Crippen LogP contribution < -0.4 is 0 Å². The maximum absolute atomic E-state index is 2.37. The third-order valence-electron chi connectivity index (χ3n) is 2.73. The third kappa shape index (κ3) is 1.28. The molecule has 0 aromatic heterocycles. The van der Waals surface area contributed by atoms with E-state index in [1.54, 1.807) is 0 Å². The van der Waals surface area contributed by atoms with Crippen molar-refractivity contribution in [1.29, 1.82) is 0 Å². The first-order valence-corrected chi connectivity index (χ1v) is 4.02. The van der Waals surface area contributed by atoms with Crippen molar-refractivity contribution in [2.75, 3.05) is 0 Å². The lowest BCUT2D eigenvalue weighted by molar-refractivity contribution is 0.0689. The van der Waals surface area contributed by atoms with Gasteiger partial charge >= 0.3 is 0 Å². The zero-order valence-electron chi connectivity index (χ0n) is 7.07. The summed E-state index contributed by atoms with van der Waals surface area (Å²) in [5, 5.41) is 0. The van der Waals surface area contributed by atoms with Crippen LogP contribution in [0.3, 0.4) is 0 Å². The van der Waals surface area contributed by atoms with Crippen molar-refractivity contribution < 1.29 is 0 Å². The van der Waals surface area contributed by atoms with E-state index in [4.69, 9.17) is 0 Å². The standard InChI is InChI=1S/C9H18/c1-7-5-6-8(7)9(2,3)4/h7-8H,5-6H2,1-4H3. The molecule has 0 aromatic rings. The minimum absolute atomic E-state index is 0.567. The molecule has 1 saturated carbocycles. The van der Waals surface area contributed by atoms with Crippen molar-refractivity contribution >= 4 is 0 Å². The van der Waals surface area contributed by atoms with E-state index in [1.807, 2.05) is 0 Å². The third-order valence-corrected chi connectivity index (χ3v) is 2.73. The summed E-state index contributed by atoms with van der Waals surface area (Å²) in [6.45, 7) is 9.44. The predicted molar refractivity (Wildman–Crippen MR) is 41.3 cm³/mol. The highest BCUT2D eigenvalue weighted by molar-refractivity contribution is 4.85. The van der Waals surface area contributed by atoms with Crippen LogP contribution in [0, 0.1) is 17.3 Å². The maximum atomic E-state index is 2.37. The van der Waals surface area contributed by atoms with E-state index < -0.39 is 0 Å². The van der Waals surface area contributed by atoms with E-state index in [2.05, 4.69) is 27.7 Å². The number of rotatable bonds is 0. The molecule has 0 amide bonds. The SMILES string of the molecule is CC1CCC1C(C)(C)C. The molecule has 1 aliphatic carbocycles. The largest absolute Gasteiger partial charge is 0.0622 e. The van der Waals surface area contributed by atoms with Gasteiger partial charge in [-0.1, -0.05) is 34.1 Å². The van der Waals surface area contributed by atoms with Gasteiger partial charge in [0.25, 0.3) is 0 Å². The Hall–Kier alpha value is 0. The Kier molecular flexibility index (Phi) is 1.58. The summed E-state index contributed by atoms with van der Waals surface area (Å²) >= 11 is 0. The fraction of sp³-hybridized carbons (Fsp3) is 1.00. The van der Waals surface area contributed by atoms with Gasteiger partial charge in [0.05, 0.1) is 0 Å². The lowest BCUT2D eigenvalue weighted by Crippen LogP contribution is -2.34. The molecule has 1 aliphatic rings. The first-order chi connectivity index (χ1) is 4.02. The average Bonchev–Trinajstić information content (AvgIpc) is 1.57. The Labute approximate surface area is 58.7 Å². The van der Waals surface area contributed by atoms with Gasteiger partial charge in [-0.2, -0.15) is 0 Å². The predicted octanol–water partition coefficient (Wildman–Crippen LogP) is 3.08. The quantitative estimate of drug-likeness (QED) is 0.468. The van der Waals surface area contributed by atoms with Gasteiger partial charge in [0.1, 0.15) is 0 Å². The summed E-state index contributed by atoms with van der Waals surface area (Å²) < 4.78 is 0. The lowest BCUT2D eigenvalue weighted by Gasteiger charge is -2.43. The molecule has 0 bridgehead atoms. The highest BCUT2D eigenvalue weighted by Gasteiger charge is 2.35. The van der Waals surface area contributed by atoms with Crippen LogP contribution in [0.1, 0.15) is 40.5 Å². The van der Waals surface area contributed by atoms with Crippen LogP contribution in [0.25, 0.3) is 0 Å². The van der Waals surface area contributed by atoms with E-state index in [1.165, 1.54) is 12.8 Å². The second-order valence-electron chi connectivity index (χ2n) is 4.53. The molecule has 9 heavy (non-hydrogen) atoms. The van der Waals surface area contributed by atoms with Gasteiger partial charge in [-0.05, 0) is 23.7 Å². The smallest absolute Gasteiger partial charge is 0.0340 e. The zero-order chi connectivity index (χ0) is 7.07. The summed E-state index contributed by atoms with van der Waals surface area (Å²) in [6, 6.07) is 0. The Bertz CT molecular complexity index is 97.1. The maximum Gasteiger partial charge on any atom is -0.0340 e. The first kappa shape index (κ1) is 7.11. The summed E-state index contributed by atoms with van der Waals surface area (Å²) in [5.74, 6) is 1.99. The molecule has 2 atom stereocenters. The molecule has 0 spiro atoms. The van der Waals surface area contributed by atoms with Crippen molar-refractivity contribution in [3.63, 3.8) is 0 Å². The van der Waals surface area contributed by atoms with E-state index in [9.17, 15) is 0 Å². The molecule has 0 aromatic carbocycles. The Morgan fingerprint density at radius 2 is 1.67 bits per heavy atom. The van der Waals surface area contributed by atoms with Crippen molar-refractivity contribution in [2.45, 2.75) is 40.5 Å². The highest BCUT2D eigenvalue weighted by atomic mass is 14.4. The van der Waals surface area contributed by atoms with Gasteiger partial charge in [-0.25, -0.2) is 0 Å². The minimum Gasteiger partial charge on any atom is -0.0622 e. The monoisotopic (exact) mass is 126 g/mol. The van der Waals surface area contributed by atoms with Crippen LogP contribution in [0.5, 0.6) is 0 Å². The topological polar surface area (TPSA) is 0 Å². The van der Waals surface area contributed by atoms with Crippen molar-refractivity contribution in [2.24, 2.45) is 17.3 Å². The molecular formula is C9H18. The molecule has 0 radical (unpaired) electrons. The van der Waals surface area contributed by atoms with Gasteiger partial charge in [-0.15, -0.1) is 0 Å². The Morgan fingerprint density at radius 1 is 1.11 bits per heavy atom. The summed E-state index contributed by atoms with van der Waals surface area (Å²) in [4.78, 5) is 0. The fourth-order valence-electron chi connectivity index (χ4n) is 1.95. The van der Waals surface area contributed by atoms with Crippen LogP contribution >= 0.6 is 0 Å². The second-order valence-corrected chi connectivity index (χ2v) is 4.53. The van der Waals surface area contributed by atoms with Gasteiger partial charge in [-0.3, -0.25) is 0 Å². The van der Waals surface area contributed by atoms with Crippen LogP contribution in [0.4, 0.5) is 0 Å². The first-order valence-electron chi connectivity index (χ1n) is 4.02. The molecule has 1 fully saturated rings. The molecule has 2 unspecified atom stereocenters. The molecule has 0 saturated heterocycles. The van der Waals surface area contributed by atoms with Gasteiger partial charge < -0.3 is 0 Å². The van der Waals surface area contributed by atoms with Crippen LogP contribution in [0.15, 0.2) is 0 Å². The molecule has 0 aliphatic heterocycles. The summed E-state index contributed by atoms with van der Waals surface area (Å²) in [6.07, 6.45) is 2.92. The zero-order valence-corrected chi connectivity index (χ0v) is 7.07. The fourth-order valence-corrected chi connectivity index (χ4v) is 1.95. The molecule has 0 heterocycles. The van der Waals surface area contributed by atoms with Crippen LogP contribution in [-0.4, -0.2) is 0 Å². The van der Waals surface area contributed by atoms with Gasteiger partial charge in [0, 0.05) is 0 Å². The lowest BCUT2D eigenvalue weighted by atomic mass is 9.62. The van der Waals surface area contributed by atoms with Crippen molar-refractivity contribution in [1.82, 2.24) is 0 Å².